The molecular formula is C14H27IN4OS. The first kappa shape index (κ1) is 20.6. The molecule has 0 bridgehead atoms. The van der Waals surface area contributed by atoms with Crippen molar-refractivity contribution in [3.05, 3.63) is 17.5 Å². The van der Waals surface area contributed by atoms with Gasteiger partial charge >= 0.3 is 0 Å². The lowest BCUT2D eigenvalue weighted by atomic mass is 10.1. The summed E-state index contributed by atoms with van der Waals surface area (Å²) in [5.41, 5.74) is 0.980. The van der Waals surface area contributed by atoms with Crippen LogP contribution in [0.1, 0.15) is 44.6 Å². The molecule has 1 aromatic heterocycles. The molecule has 5 nitrogen and oxygen atoms in total. The number of nitrogens with one attached hydrogen (secondary N) is 2. The number of rotatable bonds is 8. The second-order valence-corrected chi connectivity index (χ2v) is 5.83. The van der Waals surface area contributed by atoms with E-state index in [2.05, 4.69) is 47.8 Å². The highest BCUT2D eigenvalue weighted by molar-refractivity contribution is 14.0. The molecule has 0 aromatic carbocycles. The molecule has 0 spiro atoms. The molecule has 1 aromatic rings. The number of nitrogens with zero attached hydrogens (tertiary/aromatic N) is 2. The molecular weight excluding hydrogens is 399 g/mol. The highest BCUT2D eigenvalue weighted by atomic mass is 127. The van der Waals surface area contributed by atoms with E-state index < -0.39 is 0 Å². The Morgan fingerprint density at radius 3 is 2.76 bits per heavy atom. The molecule has 0 atom stereocenters. The maximum atomic E-state index is 5.28. The van der Waals surface area contributed by atoms with Gasteiger partial charge in [0.05, 0.1) is 5.69 Å². The van der Waals surface area contributed by atoms with Gasteiger partial charge in [-0.15, -0.1) is 24.0 Å². The van der Waals surface area contributed by atoms with Crippen molar-refractivity contribution < 1.29 is 4.52 Å². The lowest BCUT2D eigenvalue weighted by molar-refractivity contribution is 0.376. The van der Waals surface area contributed by atoms with Crippen LogP contribution in [0.4, 0.5) is 0 Å². The normalized spacial score (nSPS) is 11.4. The van der Waals surface area contributed by atoms with E-state index in [1.54, 1.807) is 0 Å². The lowest BCUT2D eigenvalue weighted by Gasteiger charge is -2.10. The van der Waals surface area contributed by atoms with Gasteiger partial charge in [-0.1, -0.05) is 19.0 Å². The number of guanidine groups is 1. The Morgan fingerprint density at radius 1 is 1.43 bits per heavy atom. The predicted molar refractivity (Wildman–Crippen MR) is 102 cm³/mol. The lowest BCUT2D eigenvalue weighted by Crippen LogP contribution is -2.37. The van der Waals surface area contributed by atoms with Crippen molar-refractivity contribution in [3.8, 4) is 0 Å². The summed E-state index contributed by atoms with van der Waals surface area (Å²) in [6.45, 7) is 8.55. The molecule has 0 unspecified atom stereocenters. The summed E-state index contributed by atoms with van der Waals surface area (Å²) in [5, 5.41) is 10.6. The third-order valence-corrected chi connectivity index (χ3v) is 3.42. The van der Waals surface area contributed by atoms with Gasteiger partial charge in [-0.2, -0.15) is 11.8 Å². The van der Waals surface area contributed by atoms with E-state index in [0.29, 0.717) is 12.5 Å². The Morgan fingerprint density at radius 2 is 2.19 bits per heavy atom. The summed E-state index contributed by atoms with van der Waals surface area (Å²) in [7, 11) is 0. The molecule has 122 valence electrons. The van der Waals surface area contributed by atoms with E-state index >= 15 is 0 Å². The predicted octanol–water partition coefficient (Wildman–Crippen LogP) is 3.22. The average Bonchev–Trinajstić information content (AvgIpc) is 2.90. The van der Waals surface area contributed by atoms with Gasteiger partial charge in [-0.05, 0) is 31.3 Å². The number of halogens is 1. The van der Waals surface area contributed by atoms with Crippen LogP contribution in [-0.2, 0) is 6.54 Å². The van der Waals surface area contributed by atoms with Crippen LogP contribution < -0.4 is 10.6 Å². The molecule has 0 radical (unpaired) electrons. The van der Waals surface area contributed by atoms with Gasteiger partial charge in [0.2, 0.25) is 0 Å². The van der Waals surface area contributed by atoms with Crippen LogP contribution in [0.25, 0.3) is 0 Å². The fourth-order valence-corrected chi connectivity index (χ4v) is 2.03. The molecule has 0 aliphatic heterocycles. The summed E-state index contributed by atoms with van der Waals surface area (Å²) in [5.74, 6) is 3.17. The van der Waals surface area contributed by atoms with Crippen molar-refractivity contribution in [2.75, 3.05) is 25.1 Å². The first-order valence-corrected chi connectivity index (χ1v) is 8.53. The minimum absolute atomic E-state index is 0. The van der Waals surface area contributed by atoms with Crippen LogP contribution in [0.2, 0.25) is 0 Å². The first-order chi connectivity index (χ1) is 9.67. The van der Waals surface area contributed by atoms with Crippen LogP contribution in [0.3, 0.4) is 0 Å². The third-order valence-electron chi connectivity index (χ3n) is 2.72. The zero-order chi connectivity index (χ0) is 14.8. The molecule has 2 N–H and O–H groups in total. The minimum atomic E-state index is 0. The van der Waals surface area contributed by atoms with E-state index in [4.69, 9.17) is 4.52 Å². The van der Waals surface area contributed by atoms with Crippen LogP contribution in [-0.4, -0.2) is 36.2 Å². The molecule has 0 amide bonds. The molecule has 7 heteroatoms. The largest absolute Gasteiger partial charge is 0.359 e. The maximum Gasteiger partial charge on any atom is 0.191 e. The van der Waals surface area contributed by atoms with Crippen molar-refractivity contribution in [1.82, 2.24) is 15.8 Å². The highest BCUT2D eigenvalue weighted by Gasteiger charge is 2.07. The Balaban J connectivity index is 0.00000400. The van der Waals surface area contributed by atoms with Crippen molar-refractivity contribution in [1.29, 1.82) is 0 Å². The highest BCUT2D eigenvalue weighted by Crippen LogP contribution is 2.14. The van der Waals surface area contributed by atoms with Gasteiger partial charge in [0.15, 0.2) is 11.7 Å². The number of hydrogen-bond acceptors (Lipinski definition) is 4. The third kappa shape index (κ3) is 8.55. The summed E-state index contributed by atoms with van der Waals surface area (Å²) in [6.07, 6.45) is 3.25. The summed E-state index contributed by atoms with van der Waals surface area (Å²) >= 11 is 1.86. The first-order valence-electron chi connectivity index (χ1n) is 7.14. The number of hydrogen-bond donors (Lipinski definition) is 2. The van der Waals surface area contributed by atoms with Crippen LogP contribution >= 0.6 is 35.7 Å². The van der Waals surface area contributed by atoms with E-state index in [1.165, 1.54) is 0 Å². The Bertz CT molecular complexity index is 409. The molecule has 0 saturated carbocycles. The SMILES string of the molecule is CCNC(=NCc1cc(C(C)C)no1)NCCCSC.I. The zero-order valence-electron chi connectivity index (χ0n) is 13.3. The average molecular weight is 426 g/mol. The smallest absolute Gasteiger partial charge is 0.191 e. The van der Waals surface area contributed by atoms with Gasteiger partial charge in [0.1, 0.15) is 6.54 Å². The van der Waals surface area contributed by atoms with Gasteiger partial charge < -0.3 is 15.2 Å². The molecule has 21 heavy (non-hydrogen) atoms. The quantitative estimate of drug-likeness (QED) is 0.289. The molecule has 0 aliphatic rings. The fraction of sp³-hybridized carbons (Fsp3) is 0.714. The topological polar surface area (TPSA) is 62.5 Å². The van der Waals surface area contributed by atoms with E-state index in [-0.39, 0.29) is 24.0 Å². The van der Waals surface area contributed by atoms with Gasteiger partial charge in [-0.25, -0.2) is 4.99 Å². The second kappa shape index (κ2) is 12.1. The molecule has 0 aliphatic carbocycles. The van der Waals surface area contributed by atoms with Crippen LogP contribution in [0.15, 0.2) is 15.6 Å². The molecule has 1 heterocycles. The van der Waals surface area contributed by atoms with Gasteiger partial charge in [0.25, 0.3) is 0 Å². The number of aromatic nitrogens is 1. The van der Waals surface area contributed by atoms with Crippen molar-refractivity contribution >= 4 is 41.7 Å². The van der Waals surface area contributed by atoms with Gasteiger partial charge in [0, 0.05) is 19.2 Å². The summed E-state index contributed by atoms with van der Waals surface area (Å²) in [4.78, 5) is 4.51. The standard InChI is InChI=1S/C14H26N4OS.HI/c1-5-15-14(16-7-6-8-20-4)17-10-12-9-13(11(2)3)18-19-12;/h9,11H,5-8,10H2,1-4H3,(H2,15,16,17);1H. The summed E-state index contributed by atoms with van der Waals surface area (Å²) in [6, 6.07) is 1.98. The number of thioether (sulfide) groups is 1. The zero-order valence-corrected chi connectivity index (χ0v) is 16.5. The second-order valence-electron chi connectivity index (χ2n) is 4.84. The van der Waals surface area contributed by atoms with E-state index in [1.807, 2.05) is 17.8 Å². The van der Waals surface area contributed by atoms with E-state index in [9.17, 15) is 0 Å². The molecule has 0 saturated heterocycles. The maximum absolute atomic E-state index is 5.28. The number of aliphatic imine (C=N–C) groups is 1. The van der Waals surface area contributed by atoms with Crippen LogP contribution in [0, 0.1) is 0 Å². The Kier molecular flexibility index (Phi) is 11.9. The van der Waals surface area contributed by atoms with E-state index in [0.717, 1.165) is 42.7 Å². The van der Waals surface area contributed by atoms with Crippen molar-refractivity contribution in [3.63, 3.8) is 0 Å². The Labute approximate surface area is 149 Å². The van der Waals surface area contributed by atoms with Crippen LogP contribution in [0.5, 0.6) is 0 Å². The van der Waals surface area contributed by atoms with Crippen molar-refractivity contribution in [2.45, 2.75) is 39.7 Å². The fourth-order valence-electron chi connectivity index (χ4n) is 1.60. The Hall–Kier alpha value is -0.440. The molecule has 0 fully saturated rings. The minimum Gasteiger partial charge on any atom is -0.359 e. The van der Waals surface area contributed by atoms with Gasteiger partial charge in [-0.3, -0.25) is 0 Å². The monoisotopic (exact) mass is 426 g/mol. The van der Waals surface area contributed by atoms with Crippen molar-refractivity contribution in [2.24, 2.45) is 4.99 Å². The summed E-state index contributed by atoms with van der Waals surface area (Å²) < 4.78 is 5.28. The molecule has 1 rings (SSSR count).